The van der Waals surface area contributed by atoms with E-state index in [9.17, 15) is 20.2 Å². The maximum absolute atomic E-state index is 12.5. The highest BCUT2D eigenvalue weighted by atomic mass is 127. The van der Waals surface area contributed by atoms with E-state index in [1.165, 1.54) is 18.2 Å². The second-order valence-corrected chi connectivity index (χ2v) is 9.90. The number of carbonyl (C=O) groups is 1. The molecule has 0 heterocycles. The highest BCUT2D eigenvalue weighted by molar-refractivity contribution is 14.1. The van der Waals surface area contributed by atoms with Gasteiger partial charge in [0, 0.05) is 22.3 Å². The zero-order valence-corrected chi connectivity index (χ0v) is 22.6. The molecular formula is C23H14BrI2N3O4. The molecule has 3 rings (SSSR count). The van der Waals surface area contributed by atoms with Crippen LogP contribution in [0.5, 0.6) is 5.75 Å². The second-order valence-electron chi connectivity index (χ2n) is 6.66. The number of nitro groups is 1. The molecule has 0 aliphatic heterocycles. The lowest BCUT2D eigenvalue weighted by molar-refractivity contribution is -0.384. The summed E-state index contributed by atoms with van der Waals surface area (Å²) in [5.41, 5.74) is 2.06. The molecule has 0 aliphatic carbocycles. The Morgan fingerprint density at radius 3 is 2.39 bits per heavy atom. The number of benzene rings is 3. The van der Waals surface area contributed by atoms with Crippen LogP contribution >= 0.6 is 61.1 Å². The van der Waals surface area contributed by atoms with Gasteiger partial charge in [-0.15, -0.1) is 0 Å². The highest BCUT2D eigenvalue weighted by Gasteiger charge is 2.13. The third-order valence-corrected chi connectivity index (χ3v) is 6.41. The molecule has 0 bridgehead atoms. The number of non-ortho nitro benzene ring substituents is 1. The molecule has 1 amide bonds. The van der Waals surface area contributed by atoms with E-state index in [4.69, 9.17) is 4.74 Å². The third kappa shape index (κ3) is 6.99. The number of nitro benzene ring substituents is 1. The van der Waals surface area contributed by atoms with Gasteiger partial charge >= 0.3 is 0 Å². The maximum Gasteiger partial charge on any atom is 0.269 e. The van der Waals surface area contributed by atoms with Crippen molar-refractivity contribution in [1.29, 1.82) is 5.26 Å². The molecule has 0 aromatic heterocycles. The molecule has 0 spiro atoms. The number of nitrogens with zero attached hydrogens (tertiary/aromatic N) is 2. The Labute approximate surface area is 225 Å². The summed E-state index contributed by atoms with van der Waals surface area (Å²) < 4.78 is 8.35. The fraction of sp³-hybridized carbons (Fsp3) is 0.0435. The number of halogens is 3. The van der Waals surface area contributed by atoms with Gasteiger partial charge in [-0.1, -0.05) is 22.0 Å². The van der Waals surface area contributed by atoms with Crippen molar-refractivity contribution >= 4 is 84.5 Å². The second kappa shape index (κ2) is 11.6. The van der Waals surface area contributed by atoms with Crippen molar-refractivity contribution in [3.8, 4) is 11.8 Å². The smallest absolute Gasteiger partial charge is 0.269 e. The first-order chi connectivity index (χ1) is 15.8. The van der Waals surface area contributed by atoms with Crippen LogP contribution in [0.25, 0.3) is 6.08 Å². The van der Waals surface area contributed by atoms with E-state index >= 15 is 0 Å². The minimum absolute atomic E-state index is 0.0243. The van der Waals surface area contributed by atoms with Crippen molar-refractivity contribution in [2.75, 3.05) is 5.32 Å². The molecule has 0 fully saturated rings. The Balaban J connectivity index is 1.75. The molecule has 0 saturated carbocycles. The van der Waals surface area contributed by atoms with Gasteiger partial charge in [0.1, 0.15) is 24.0 Å². The quantitative estimate of drug-likeness (QED) is 0.0960. The van der Waals surface area contributed by atoms with Gasteiger partial charge in [0.05, 0.1) is 12.1 Å². The molecule has 166 valence electrons. The van der Waals surface area contributed by atoms with E-state index in [0.29, 0.717) is 17.0 Å². The lowest BCUT2D eigenvalue weighted by Crippen LogP contribution is -2.13. The van der Waals surface area contributed by atoms with Crippen LogP contribution < -0.4 is 10.1 Å². The number of nitriles is 1. The molecule has 0 unspecified atom stereocenters. The number of carbonyl (C=O) groups excluding carboxylic acids is 1. The average Bonchev–Trinajstić information content (AvgIpc) is 2.77. The number of nitrogens with one attached hydrogen (secondary N) is 1. The molecule has 0 radical (unpaired) electrons. The number of hydrogen-bond donors (Lipinski definition) is 1. The van der Waals surface area contributed by atoms with Gasteiger partial charge in [-0.2, -0.15) is 5.26 Å². The number of amides is 1. The Morgan fingerprint density at radius 1 is 1.15 bits per heavy atom. The number of rotatable bonds is 7. The molecule has 1 N–H and O–H groups in total. The molecule has 0 atom stereocenters. The van der Waals surface area contributed by atoms with Gasteiger partial charge in [-0.3, -0.25) is 14.9 Å². The van der Waals surface area contributed by atoms with Crippen LogP contribution in [0.3, 0.4) is 0 Å². The van der Waals surface area contributed by atoms with Crippen molar-refractivity contribution in [2.45, 2.75) is 6.61 Å². The van der Waals surface area contributed by atoms with Gasteiger partial charge < -0.3 is 10.1 Å². The standard InChI is InChI=1S/C23H14BrI2N3O4/c24-17-2-1-3-18(11-17)28-23(30)16(12-27)8-15-9-20(25)22(21(26)10-15)33-13-14-4-6-19(7-5-14)29(31)32/h1-11H,13H2,(H,28,30)/b16-8-. The summed E-state index contributed by atoms with van der Waals surface area (Å²) in [5.74, 6) is 0.155. The minimum Gasteiger partial charge on any atom is -0.487 e. The first-order valence-electron chi connectivity index (χ1n) is 9.30. The average molecular weight is 730 g/mol. The summed E-state index contributed by atoms with van der Waals surface area (Å²) >= 11 is 7.61. The summed E-state index contributed by atoms with van der Waals surface area (Å²) in [5, 5.41) is 23.0. The van der Waals surface area contributed by atoms with Crippen LogP contribution in [0.4, 0.5) is 11.4 Å². The van der Waals surface area contributed by atoms with Crippen LogP contribution in [-0.2, 0) is 11.4 Å². The summed E-state index contributed by atoms with van der Waals surface area (Å²) in [6.07, 6.45) is 1.53. The first kappa shape index (κ1) is 25.1. The zero-order valence-electron chi connectivity index (χ0n) is 16.7. The van der Waals surface area contributed by atoms with Gasteiger partial charge in [-0.25, -0.2) is 0 Å². The van der Waals surface area contributed by atoms with Crippen LogP contribution in [0, 0.1) is 28.6 Å². The Kier molecular flexibility index (Phi) is 8.81. The SMILES string of the molecule is N#C/C(=C/c1cc(I)c(OCc2ccc([N+](=O)[O-])cc2)c(I)c1)C(=O)Nc1cccc(Br)c1. The Morgan fingerprint density at radius 2 is 1.82 bits per heavy atom. The largest absolute Gasteiger partial charge is 0.487 e. The van der Waals surface area contributed by atoms with E-state index < -0.39 is 10.8 Å². The van der Waals surface area contributed by atoms with Crippen LogP contribution in [0.15, 0.2) is 70.7 Å². The lowest BCUT2D eigenvalue weighted by atomic mass is 10.1. The predicted molar refractivity (Wildman–Crippen MR) is 146 cm³/mol. The number of ether oxygens (including phenoxy) is 1. The van der Waals surface area contributed by atoms with Crippen LogP contribution in [0.1, 0.15) is 11.1 Å². The van der Waals surface area contributed by atoms with Gasteiger partial charge in [0.15, 0.2) is 0 Å². The number of hydrogen-bond acceptors (Lipinski definition) is 5. The highest BCUT2D eigenvalue weighted by Crippen LogP contribution is 2.31. The maximum atomic E-state index is 12.5. The molecule has 3 aromatic rings. The normalized spacial score (nSPS) is 10.9. The molecule has 0 aliphatic rings. The molecule has 7 nitrogen and oxygen atoms in total. The first-order valence-corrected chi connectivity index (χ1v) is 12.3. The zero-order chi connectivity index (χ0) is 24.0. The van der Waals surface area contributed by atoms with Gasteiger partial charge in [-0.05, 0) is 105 Å². The van der Waals surface area contributed by atoms with Gasteiger partial charge in [0.25, 0.3) is 11.6 Å². The van der Waals surface area contributed by atoms with Crippen molar-refractivity contribution in [2.24, 2.45) is 0 Å². The van der Waals surface area contributed by atoms with Gasteiger partial charge in [0.2, 0.25) is 0 Å². The molecule has 10 heteroatoms. The fourth-order valence-corrected chi connectivity index (χ4v) is 5.28. The van der Waals surface area contributed by atoms with Crippen LogP contribution in [-0.4, -0.2) is 10.8 Å². The topological polar surface area (TPSA) is 105 Å². The summed E-state index contributed by atoms with van der Waals surface area (Å²) in [4.78, 5) is 22.9. The van der Waals surface area contributed by atoms with E-state index in [2.05, 4.69) is 66.4 Å². The monoisotopic (exact) mass is 729 g/mol. The number of anilines is 1. The fourth-order valence-electron chi connectivity index (χ4n) is 2.75. The lowest BCUT2D eigenvalue weighted by Gasteiger charge is -2.12. The Bertz CT molecular complexity index is 1260. The Hall–Kier alpha value is -2.50. The predicted octanol–water partition coefficient (Wildman–Crippen LogP) is 6.69. The van der Waals surface area contributed by atoms with Crippen molar-refractivity contribution < 1.29 is 14.5 Å². The van der Waals surface area contributed by atoms with E-state index in [1.54, 1.807) is 30.3 Å². The minimum atomic E-state index is -0.501. The van der Waals surface area contributed by atoms with E-state index in [0.717, 1.165) is 17.2 Å². The molecule has 33 heavy (non-hydrogen) atoms. The summed E-state index contributed by atoms with van der Waals surface area (Å²) in [7, 11) is 0. The summed E-state index contributed by atoms with van der Waals surface area (Å²) in [6.45, 7) is 0.248. The summed E-state index contributed by atoms with van der Waals surface area (Å²) in [6, 6.07) is 18.9. The molecule has 3 aromatic carbocycles. The molecular weight excluding hydrogens is 716 g/mol. The van der Waals surface area contributed by atoms with E-state index in [-0.39, 0.29) is 17.9 Å². The van der Waals surface area contributed by atoms with Crippen molar-refractivity contribution in [1.82, 2.24) is 0 Å². The van der Waals surface area contributed by atoms with Crippen LogP contribution in [0.2, 0.25) is 0 Å². The van der Waals surface area contributed by atoms with Crippen molar-refractivity contribution in [3.63, 3.8) is 0 Å². The van der Waals surface area contributed by atoms with E-state index in [1.807, 2.05) is 24.3 Å². The molecule has 0 saturated heterocycles. The van der Waals surface area contributed by atoms with Crippen molar-refractivity contribution in [3.05, 3.63) is 99.1 Å². The third-order valence-electron chi connectivity index (χ3n) is 4.31.